The number of imidazole rings is 1. The van der Waals surface area contributed by atoms with Crippen LogP contribution in [0.1, 0.15) is 30.2 Å². The van der Waals surface area contributed by atoms with Crippen molar-refractivity contribution < 1.29 is 58.8 Å². The summed E-state index contributed by atoms with van der Waals surface area (Å²) in [4.78, 5) is 113. The van der Waals surface area contributed by atoms with Gasteiger partial charge in [-0.3, -0.25) is 33.6 Å². The van der Waals surface area contributed by atoms with Gasteiger partial charge in [0.1, 0.15) is 30.2 Å². The lowest BCUT2D eigenvalue weighted by Crippen LogP contribution is -2.61. The maximum atomic E-state index is 13.5. The van der Waals surface area contributed by atoms with E-state index < -0.39 is 109 Å². The van der Waals surface area contributed by atoms with Crippen molar-refractivity contribution in [2.24, 2.45) is 5.73 Å². The molecule has 0 aliphatic rings. The van der Waals surface area contributed by atoms with Crippen LogP contribution in [0.3, 0.4) is 0 Å². The zero-order valence-electron chi connectivity index (χ0n) is 32.8. The minimum absolute atomic E-state index is 0.0311. The molecule has 4 aromatic rings. The average Bonchev–Trinajstić information content (AvgIpc) is 3.90. The molecular weight excluding hydrogens is 800 g/mol. The fourth-order valence-corrected chi connectivity index (χ4v) is 6.08. The highest BCUT2D eigenvalue weighted by atomic mass is 16.4. The first-order chi connectivity index (χ1) is 29.1. The molecule has 0 bridgehead atoms. The number of nitrogens with two attached hydrogens (primary N) is 1. The third-order valence-electron chi connectivity index (χ3n) is 9.28. The molecule has 61 heavy (non-hydrogen) atoms. The molecule has 6 amide bonds. The maximum absolute atomic E-state index is 13.5. The van der Waals surface area contributed by atoms with E-state index >= 15 is 0 Å². The molecule has 0 spiro atoms. The summed E-state index contributed by atoms with van der Waals surface area (Å²) in [5.41, 5.74) is 8.58. The van der Waals surface area contributed by atoms with E-state index in [1.165, 1.54) is 6.33 Å². The molecule has 0 aliphatic carbocycles. The number of aromatic nitrogens is 3. The summed E-state index contributed by atoms with van der Waals surface area (Å²) in [6.45, 7) is -0.719. The van der Waals surface area contributed by atoms with Gasteiger partial charge in [0.2, 0.25) is 35.4 Å². The predicted octanol–water partition coefficient (Wildman–Crippen LogP) is -3.28. The van der Waals surface area contributed by atoms with Gasteiger partial charge in [-0.1, -0.05) is 48.5 Å². The van der Waals surface area contributed by atoms with Crippen LogP contribution in [0.15, 0.2) is 73.3 Å². The van der Waals surface area contributed by atoms with Gasteiger partial charge >= 0.3 is 11.9 Å². The lowest BCUT2D eigenvalue weighted by molar-refractivity contribution is -0.143. The van der Waals surface area contributed by atoms with Gasteiger partial charge in [-0.15, -0.1) is 0 Å². The van der Waals surface area contributed by atoms with Crippen LogP contribution in [-0.4, -0.2) is 138 Å². The quantitative estimate of drug-likeness (QED) is 0.0348. The van der Waals surface area contributed by atoms with Crippen molar-refractivity contribution in [3.63, 3.8) is 0 Å². The molecular formula is C39H48N10O12. The minimum atomic E-state index is -1.93. The Balaban J connectivity index is 1.39. The van der Waals surface area contributed by atoms with Crippen LogP contribution in [0.4, 0.5) is 0 Å². The first kappa shape index (κ1) is 46.5. The number of para-hydroxylation sites is 1. The molecule has 7 atom stereocenters. The van der Waals surface area contributed by atoms with Gasteiger partial charge in [-0.25, -0.2) is 9.78 Å². The standard InChI is InChI=1S/C39H48N10O12/c1-20(51)33(38(59)46-28(14-32(53)54)36(57)48-30(18-50)37(58)47-29(39(60)61)11-21-7-3-2-4-8-21)49-31(52)17-43-35(56)27(12-22-15-42-26-10-6-5-9-24(22)26)45-34(55)25(40)13-23-16-41-19-44-23/h2-10,15-16,19-20,25,27-30,33,42,50-51H,11-14,17-18,40H2,1H3,(H,41,44)(H,43,56)(H,45,55)(H,46,59)(H,47,58)(H,48,57)(H,49,52)(H,53,54)(H,60,61)/t20-,25+,27+,28+,29+,30+,33+/m1/s1. The maximum Gasteiger partial charge on any atom is 0.326 e. The second kappa shape index (κ2) is 22.3. The zero-order chi connectivity index (χ0) is 44.6. The van der Waals surface area contributed by atoms with E-state index in [0.29, 0.717) is 16.8 Å². The Bertz CT molecular complexity index is 2160. The lowest BCUT2D eigenvalue weighted by atomic mass is 10.0. The summed E-state index contributed by atoms with van der Waals surface area (Å²) in [6, 6.07) is 6.14. The number of carboxylic acids is 2. The fraction of sp³-hybridized carbons (Fsp3) is 0.359. The summed E-state index contributed by atoms with van der Waals surface area (Å²) in [7, 11) is 0. The van der Waals surface area contributed by atoms with E-state index in [1.54, 1.807) is 48.8 Å². The van der Waals surface area contributed by atoms with Crippen molar-refractivity contribution in [2.45, 2.75) is 75.0 Å². The highest BCUT2D eigenvalue weighted by Crippen LogP contribution is 2.19. The SMILES string of the molecule is C[C@@H](O)[C@H](NC(=O)CNC(=O)[C@H](Cc1c[nH]c2ccccc12)NC(=O)[C@@H](N)Cc1c[nH]cn1)C(=O)N[C@@H](CC(=O)O)C(=O)N[C@@H](CO)C(=O)N[C@@H](Cc1ccccc1)C(=O)O. The van der Waals surface area contributed by atoms with Crippen LogP contribution >= 0.6 is 0 Å². The number of nitrogens with one attached hydrogen (secondary N) is 8. The Morgan fingerprint density at radius 2 is 1.36 bits per heavy atom. The molecule has 0 fully saturated rings. The van der Waals surface area contributed by atoms with Crippen molar-refractivity contribution >= 4 is 58.3 Å². The molecule has 2 aromatic heterocycles. The van der Waals surface area contributed by atoms with E-state index in [4.69, 9.17) is 5.73 Å². The Labute approximate surface area is 347 Å². The highest BCUT2D eigenvalue weighted by Gasteiger charge is 2.34. The smallest absolute Gasteiger partial charge is 0.326 e. The Hall–Kier alpha value is -7.17. The number of benzene rings is 2. The third kappa shape index (κ3) is 14.0. The molecule has 0 saturated heterocycles. The van der Waals surface area contributed by atoms with E-state index in [9.17, 15) is 58.8 Å². The average molecular weight is 849 g/mol. The van der Waals surface area contributed by atoms with Crippen LogP contribution < -0.4 is 37.6 Å². The van der Waals surface area contributed by atoms with Crippen molar-refractivity contribution in [3.05, 3.63) is 90.1 Å². The molecule has 22 heteroatoms. The molecule has 0 radical (unpaired) electrons. The molecule has 2 heterocycles. The molecule has 0 saturated carbocycles. The number of H-pyrrole nitrogens is 2. The summed E-state index contributed by atoms with van der Waals surface area (Å²) in [5, 5.41) is 53.8. The third-order valence-corrected chi connectivity index (χ3v) is 9.28. The number of hydrogen-bond donors (Lipinski definition) is 13. The molecule has 4 rings (SSSR count). The molecule has 0 unspecified atom stereocenters. The van der Waals surface area contributed by atoms with E-state index in [1.807, 2.05) is 18.2 Å². The van der Waals surface area contributed by atoms with Gasteiger partial charge in [0, 0.05) is 42.6 Å². The monoisotopic (exact) mass is 848 g/mol. The van der Waals surface area contributed by atoms with Gasteiger partial charge in [-0.05, 0) is 24.1 Å². The number of carbonyl (C=O) groups excluding carboxylic acids is 6. The van der Waals surface area contributed by atoms with E-state index in [2.05, 4.69) is 46.9 Å². The van der Waals surface area contributed by atoms with Crippen LogP contribution in [0.5, 0.6) is 0 Å². The first-order valence-corrected chi connectivity index (χ1v) is 18.9. The summed E-state index contributed by atoms with van der Waals surface area (Å²) in [5.74, 6) is -9.17. The van der Waals surface area contributed by atoms with Crippen molar-refractivity contribution in [1.82, 2.24) is 46.9 Å². The van der Waals surface area contributed by atoms with Crippen LogP contribution in [0, 0.1) is 0 Å². The van der Waals surface area contributed by atoms with Gasteiger partial charge in [0.05, 0.1) is 43.7 Å². The number of fused-ring (bicyclic) bond motifs is 1. The van der Waals surface area contributed by atoms with E-state index in [-0.39, 0.29) is 19.3 Å². The number of nitrogens with zero attached hydrogens (tertiary/aromatic N) is 1. The number of carbonyl (C=O) groups is 8. The molecule has 326 valence electrons. The highest BCUT2D eigenvalue weighted by molar-refractivity contribution is 5.97. The fourth-order valence-electron chi connectivity index (χ4n) is 6.08. The molecule has 14 N–H and O–H groups in total. The second-order valence-corrected chi connectivity index (χ2v) is 14.0. The second-order valence-electron chi connectivity index (χ2n) is 14.0. The van der Waals surface area contributed by atoms with Crippen LogP contribution in [0.2, 0.25) is 0 Å². The van der Waals surface area contributed by atoms with Crippen molar-refractivity contribution in [3.8, 4) is 0 Å². The number of hydrogen-bond acceptors (Lipinski definition) is 12. The number of rotatable bonds is 23. The van der Waals surface area contributed by atoms with Crippen molar-refractivity contribution in [2.75, 3.05) is 13.2 Å². The first-order valence-electron chi connectivity index (χ1n) is 18.9. The van der Waals surface area contributed by atoms with Crippen molar-refractivity contribution in [1.29, 1.82) is 0 Å². The lowest BCUT2D eigenvalue weighted by Gasteiger charge is -2.26. The number of amides is 6. The normalized spacial score (nSPS) is 14.5. The number of carboxylic acid groups (broad SMARTS) is 2. The summed E-state index contributed by atoms with van der Waals surface area (Å²) < 4.78 is 0. The van der Waals surface area contributed by atoms with Gasteiger partial charge in [-0.2, -0.15) is 0 Å². The zero-order valence-corrected chi connectivity index (χ0v) is 32.8. The Kier molecular flexibility index (Phi) is 17.0. The van der Waals surface area contributed by atoms with Gasteiger partial charge < -0.3 is 68.0 Å². The van der Waals surface area contributed by atoms with Gasteiger partial charge in [0.15, 0.2) is 0 Å². The topological polar surface area (TPSA) is 360 Å². The number of aliphatic hydroxyl groups is 2. The number of aliphatic carboxylic acids is 2. The van der Waals surface area contributed by atoms with Crippen LogP contribution in [-0.2, 0) is 57.6 Å². The summed E-state index contributed by atoms with van der Waals surface area (Å²) in [6.07, 6.45) is 1.81. The Morgan fingerprint density at radius 1 is 0.721 bits per heavy atom. The minimum Gasteiger partial charge on any atom is -0.481 e. The molecule has 22 nitrogen and oxygen atoms in total. The Morgan fingerprint density at radius 3 is 2.00 bits per heavy atom. The number of aromatic amines is 2. The van der Waals surface area contributed by atoms with Crippen LogP contribution in [0.25, 0.3) is 10.9 Å². The predicted molar refractivity (Wildman–Crippen MR) is 214 cm³/mol. The number of aliphatic hydroxyl groups excluding tert-OH is 2. The van der Waals surface area contributed by atoms with E-state index in [0.717, 1.165) is 17.8 Å². The molecule has 0 aliphatic heterocycles. The molecule has 2 aromatic carbocycles. The largest absolute Gasteiger partial charge is 0.481 e. The summed E-state index contributed by atoms with van der Waals surface area (Å²) >= 11 is 0. The van der Waals surface area contributed by atoms with Gasteiger partial charge in [0.25, 0.3) is 0 Å².